The van der Waals surface area contributed by atoms with Gasteiger partial charge >= 0.3 is 6.03 Å². The van der Waals surface area contributed by atoms with E-state index >= 15 is 0 Å². The van der Waals surface area contributed by atoms with Crippen LogP contribution in [-0.4, -0.2) is 39.5 Å². The van der Waals surface area contributed by atoms with E-state index in [1.165, 1.54) is 0 Å². The van der Waals surface area contributed by atoms with E-state index in [1.54, 1.807) is 32.4 Å². The smallest absolute Gasteiger partial charge is 0.319 e. The summed E-state index contributed by atoms with van der Waals surface area (Å²) in [5.74, 6) is 1.10. The third-order valence-corrected chi connectivity index (χ3v) is 3.18. The van der Waals surface area contributed by atoms with Crippen molar-refractivity contribution in [3.05, 3.63) is 18.2 Å². The minimum absolute atomic E-state index is 0.111. The number of anilines is 1. The lowest BCUT2D eigenvalue weighted by atomic mass is 10.2. The summed E-state index contributed by atoms with van der Waals surface area (Å²) in [4.78, 5) is 11.9. The normalized spacial score (nSPS) is 17.6. The van der Waals surface area contributed by atoms with Gasteiger partial charge in [-0.2, -0.15) is 0 Å². The second-order valence-electron chi connectivity index (χ2n) is 4.51. The Balaban J connectivity index is 1.95. The number of methoxy groups -OCH3 is 2. The fourth-order valence-corrected chi connectivity index (χ4v) is 2.14. The van der Waals surface area contributed by atoms with Crippen molar-refractivity contribution in [2.75, 3.05) is 32.7 Å². The molecule has 1 aromatic rings. The lowest BCUT2D eigenvalue weighted by molar-refractivity contribution is 0.112. The quantitative estimate of drug-likeness (QED) is 0.865. The summed E-state index contributed by atoms with van der Waals surface area (Å²) >= 11 is 0. The highest BCUT2D eigenvalue weighted by Crippen LogP contribution is 2.33. The van der Waals surface area contributed by atoms with Crippen LogP contribution in [-0.2, 0) is 4.74 Å². The molecule has 0 spiro atoms. The molecule has 2 N–H and O–H groups in total. The van der Waals surface area contributed by atoms with E-state index in [0.717, 1.165) is 19.4 Å². The largest absolute Gasteiger partial charge is 0.494 e. The average molecular weight is 280 g/mol. The predicted molar refractivity (Wildman–Crippen MR) is 75.5 cm³/mol. The van der Waals surface area contributed by atoms with Crippen LogP contribution in [0.15, 0.2) is 18.2 Å². The highest BCUT2D eigenvalue weighted by atomic mass is 16.5. The van der Waals surface area contributed by atoms with Crippen molar-refractivity contribution in [1.29, 1.82) is 0 Å². The molecule has 0 aliphatic carbocycles. The van der Waals surface area contributed by atoms with Gasteiger partial charge in [-0.3, -0.25) is 0 Å². The number of hydrogen-bond acceptors (Lipinski definition) is 4. The second-order valence-corrected chi connectivity index (χ2v) is 4.51. The Morgan fingerprint density at radius 1 is 1.35 bits per heavy atom. The molecule has 1 aromatic carbocycles. The molecular formula is C14H20N2O4. The molecule has 6 heteroatoms. The number of carbonyl (C=O) groups is 1. The van der Waals surface area contributed by atoms with Gasteiger partial charge in [0.25, 0.3) is 0 Å². The van der Waals surface area contributed by atoms with E-state index in [2.05, 4.69) is 10.6 Å². The van der Waals surface area contributed by atoms with Crippen LogP contribution >= 0.6 is 0 Å². The maximum Gasteiger partial charge on any atom is 0.319 e. The van der Waals surface area contributed by atoms with Crippen LogP contribution in [0.2, 0.25) is 0 Å². The van der Waals surface area contributed by atoms with Gasteiger partial charge < -0.3 is 24.8 Å². The second kappa shape index (κ2) is 7.00. The van der Waals surface area contributed by atoms with Crippen molar-refractivity contribution in [2.45, 2.75) is 18.9 Å². The van der Waals surface area contributed by atoms with Crippen LogP contribution in [0.4, 0.5) is 10.5 Å². The highest BCUT2D eigenvalue weighted by molar-refractivity contribution is 5.93. The molecule has 1 saturated heterocycles. The van der Waals surface area contributed by atoms with Crippen LogP contribution in [0.1, 0.15) is 12.8 Å². The number of benzene rings is 1. The van der Waals surface area contributed by atoms with Crippen molar-refractivity contribution < 1.29 is 19.0 Å². The zero-order valence-corrected chi connectivity index (χ0v) is 11.8. The summed E-state index contributed by atoms with van der Waals surface area (Å²) in [5, 5.41) is 5.54. The van der Waals surface area contributed by atoms with E-state index in [0.29, 0.717) is 23.7 Å². The van der Waals surface area contributed by atoms with Crippen molar-refractivity contribution >= 4 is 11.7 Å². The number of amides is 2. The van der Waals surface area contributed by atoms with Crippen LogP contribution < -0.4 is 20.1 Å². The fraction of sp³-hybridized carbons (Fsp3) is 0.500. The Labute approximate surface area is 118 Å². The first-order valence-electron chi connectivity index (χ1n) is 6.62. The van der Waals surface area contributed by atoms with E-state index in [9.17, 15) is 4.79 Å². The molecule has 1 aliphatic heterocycles. The van der Waals surface area contributed by atoms with Gasteiger partial charge in [0.1, 0.15) is 17.2 Å². The predicted octanol–water partition coefficient (Wildman–Crippen LogP) is 2.00. The molecule has 2 amide bonds. The van der Waals surface area contributed by atoms with Gasteiger partial charge in [-0.25, -0.2) is 4.79 Å². The zero-order chi connectivity index (χ0) is 14.4. The first-order chi connectivity index (χ1) is 9.74. The molecule has 1 heterocycles. The first kappa shape index (κ1) is 14.5. The Hall–Kier alpha value is -1.95. The monoisotopic (exact) mass is 280 g/mol. The molecule has 110 valence electrons. The molecule has 6 nitrogen and oxygen atoms in total. The number of nitrogens with one attached hydrogen (secondary N) is 2. The zero-order valence-electron chi connectivity index (χ0n) is 11.8. The van der Waals surface area contributed by atoms with Gasteiger partial charge in [0.2, 0.25) is 0 Å². The molecule has 1 aliphatic rings. The molecule has 2 rings (SSSR count). The van der Waals surface area contributed by atoms with Crippen LogP contribution in [0.25, 0.3) is 0 Å². The lowest BCUT2D eigenvalue weighted by Gasteiger charge is -2.15. The number of para-hydroxylation sites is 1. The lowest BCUT2D eigenvalue weighted by Crippen LogP contribution is -2.35. The first-order valence-corrected chi connectivity index (χ1v) is 6.62. The van der Waals surface area contributed by atoms with Crippen LogP contribution in [0.3, 0.4) is 0 Å². The summed E-state index contributed by atoms with van der Waals surface area (Å²) in [6.07, 6.45) is 2.15. The molecule has 0 saturated carbocycles. The van der Waals surface area contributed by atoms with E-state index in [4.69, 9.17) is 14.2 Å². The minimum atomic E-state index is -0.302. The summed E-state index contributed by atoms with van der Waals surface area (Å²) < 4.78 is 15.9. The number of ether oxygens (including phenoxy) is 3. The highest BCUT2D eigenvalue weighted by Gasteiger charge is 2.17. The van der Waals surface area contributed by atoms with Gasteiger partial charge in [0.15, 0.2) is 0 Å². The van der Waals surface area contributed by atoms with Gasteiger partial charge in [-0.05, 0) is 25.0 Å². The van der Waals surface area contributed by atoms with Crippen molar-refractivity contribution in [2.24, 2.45) is 0 Å². The Kier molecular flexibility index (Phi) is 5.06. The maximum atomic E-state index is 11.9. The van der Waals surface area contributed by atoms with Gasteiger partial charge in [-0.15, -0.1) is 0 Å². The Morgan fingerprint density at radius 3 is 2.60 bits per heavy atom. The number of carbonyl (C=O) groups excluding carboxylic acids is 1. The topological polar surface area (TPSA) is 68.8 Å². The molecule has 1 unspecified atom stereocenters. The third kappa shape index (κ3) is 3.54. The molecule has 0 radical (unpaired) electrons. The SMILES string of the molecule is COc1cccc(OC)c1NC(=O)NCC1CCCO1. The maximum absolute atomic E-state index is 11.9. The molecule has 1 fully saturated rings. The van der Waals surface area contributed by atoms with Gasteiger partial charge in [0.05, 0.1) is 20.3 Å². The number of urea groups is 1. The molecular weight excluding hydrogens is 260 g/mol. The summed E-state index contributed by atoms with van der Waals surface area (Å²) in [5.41, 5.74) is 0.516. The van der Waals surface area contributed by atoms with E-state index in [-0.39, 0.29) is 12.1 Å². The minimum Gasteiger partial charge on any atom is -0.494 e. The summed E-state index contributed by atoms with van der Waals surface area (Å²) in [6.45, 7) is 1.28. The average Bonchev–Trinajstić information content (AvgIpc) is 2.98. The number of hydrogen-bond donors (Lipinski definition) is 2. The van der Waals surface area contributed by atoms with Crippen LogP contribution in [0.5, 0.6) is 11.5 Å². The fourth-order valence-electron chi connectivity index (χ4n) is 2.14. The van der Waals surface area contributed by atoms with E-state index < -0.39 is 0 Å². The molecule has 0 bridgehead atoms. The van der Waals surface area contributed by atoms with Gasteiger partial charge in [-0.1, -0.05) is 6.07 Å². The van der Waals surface area contributed by atoms with E-state index in [1.807, 2.05) is 0 Å². The summed E-state index contributed by atoms with van der Waals surface area (Å²) in [7, 11) is 3.09. The van der Waals surface area contributed by atoms with Crippen molar-refractivity contribution in [3.8, 4) is 11.5 Å². The van der Waals surface area contributed by atoms with Gasteiger partial charge in [0, 0.05) is 13.2 Å². The Bertz CT molecular complexity index is 436. The van der Waals surface area contributed by atoms with Crippen LogP contribution in [0, 0.1) is 0 Å². The van der Waals surface area contributed by atoms with Crippen molar-refractivity contribution in [1.82, 2.24) is 5.32 Å². The molecule has 20 heavy (non-hydrogen) atoms. The summed E-state index contributed by atoms with van der Waals surface area (Å²) in [6, 6.07) is 5.02. The number of rotatable bonds is 5. The Morgan fingerprint density at radius 2 is 2.05 bits per heavy atom. The molecule has 0 aromatic heterocycles. The molecule has 1 atom stereocenters. The standard InChI is InChI=1S/C14H20N2O4/c1-18-11-6-3-7-12(19-2)13(11)16-14(17)15-9-10-5-4-8-20-10/h3,6-7,10H,4-5,8-9H2,1-2H3,(H2,15,16,17). The van der Waals surface area contributed by atoms with Crippen molar-refractivity contribution in [3.63, 3.8) is 0 Å². The third-order valence-electron chi connectivity index (χ3n) is 3.18.